The molecule has 0 spiro atoms. The third kappa shape index (κ3) is 2.96. The lowest BCUT2D eigenvalue weighted by Crippen LogP contribution is -2.53. The van der Waals surface area contributed by atoms with Crippen LogP contribution in [0.4, 0.5) is 0 Å². The van der Waals surface area contributed by atoms with E-state index < -0.39 is 0 Å². The number of likely N-dealkylation sites (tertiary alicyclic amines) is 1. The van der Waals surface area contributed by atoms with Crippen molar-refractivity contribution in [3.05, 3.63) is 18.0 Å². The molecule has 1 aromatic heterocycles. The zero-order chi connectivity index (χ0) is 14.8. The number of aromatic nitrogens is 2. The van der Waals surface area contributed by atoms with Gasteiger partial charge in [-0.25, -0.2) is 0 Å². The third-order valence-corrected chi connectivity index (χ3v) is 4.63. The number of rotatable bonds is 3. The Bertz CT molecular complexity index is 496. The summed E-state index contributed by atoms with van der Waals surface area (Å²) in [5.41, 5.74) is 1.08. The third-order valence-electron chi connectivity index (χ3n) is 4.63. The van der Waals surface area contributed by atoms with Crippen LogP contribution in [-0.2, 0) is 16.6 Å². The number of nitrogens with one attached hydrogen (secondary N) is 1. The summed E-state index contributed by atoms with van der Waals surface area (Å²) in [6, 6.07) is 2.70. The summed E-state index contributed by atoms with van der Waals surface area (Å²) in [5, 5.41) is 7.97. The summed E-state index contributed by atoms with van der Waals surface area (Å²) in [6.07, 6.45) is 5.52. The van der Waals surface area contributed by atoms with E-state index in [1.807, 2.05) is 29.7 Å². The van der Waals surface area contributed by atoms with Crippen molar-refractivity contribution in [2.45, 2.75) is 43.8 Å². The zero-order valence-electron chi connectivity index (χ0n) is 12.8. The zero-order valence-corrected chi connectivity index (χ0v) is 12.8. The van der Waals surface area contributed by atoms with E-state index in [0.29, 0.717) is 12.5 Å². The number of nitrogens with zero attached hydrogens (tertiary/aromatic N) is 3. The average molecular weight is 292 g/mol. The van der Waals surface area contributed by atoms with Crippen LogP contribution in [0.5, 0.6) is 0 Å². The van der Waals surface area contributed by atoms with E-state index in [-0.39, 0.29) is 18.0 Å². The molecule has 2 aliphatic rings. The first-order valence-electron chi connectivity index (χ1n) is 7.74. The van der Waals surface area contributed by atoms with Gasteiger partial charge >= 0.3 is 0 Å². The van der Waals surface area contributed by atoms with Crippen molar-refractivity contribution in [2.75, 3.05) is 20.3 Å². The quantitative estimate of drug-likeness (QED) is 0.897. The number of hydrogen-bond donors (Lipinski definition) is 1. The van der Waals surface area contributed by atoms with Crippen LogP contribution in [0.1, 0.15) is 37.4 Å². The molecule has 0 aliphatic carbocycles. The molecule has 1 aromatic rings. The van der Waals surface area contributed by atoms with Gasteiger partial charge in [0.2, 0.25) is 5.91 Å². The van der Waals surface area contributed by atoms with E-state index >= 15 is 0 Å². The molecule has 0 aromatic carbocycles. The lowest BCUT2D eigenvalue weighted by atomic mass is 9.92. The molecular weight excluding hydrogens is 268 g/mol. The summed E-state index contributed by atoms with van der Waals surface area (Å²) in [6.45, 7) is 1.64. The van der Waals surface area contributed by atoms with Gasteiger partial charge in [-0.3, -0.25) is 9.48 Å². The van der Waals surface area contributed by atoms with Crippen molar-refractivity contribution in [2.24, 2.45) is 7.05 Å². The first-order chi connectivity index (χ1) is 10.2. The number of likely N-dealkylation sites (N-methyl/N-ethyl adjacent to an activating group) is 1. The number of carbonyl (C=O) groups is 1. The molecule has 3 heterocycles. The molecule has 0 radical (unpaired) electrons. The van der Waals surface area contributed by atoms with Crippen molar-refractivity contribution in [1.29, 1.82) is 0 Å². The Balaban J connectivity index is 1.79. The highest BCUT2D eigenvalue weighted by Crippen LogP contribution is 2.31. The average Bonchev–Trinajstić information content (AvgIpc) is 2.90. The largest absolute Gasteiger partial charge is 0.380 e. The Kier molecular flexibility index (Phi) is 4.26. The smallest absolute Gasteiger partial charge is 0.222 e. The van der Waals surface area contributed by atoms with Gasteiger partial charge in [-0.1, -0.05) is 0 Å². The van der Waals surface area contributed by atoms with Gasteiger partial charge in [0.15, 0.2) is 0 Å². The van der Waals surface area contributed by atoms with E-state index in [0.717, 1.165) is 38.2 Å². The fourth-order valence-corrected chi connectivity index (χ4v) is 3.47. The molecule has 116 valence electrons. The van der Waals surface area contributed by atoms with E-state index in [4.69, 9.17) is 4.74 Å². The summed E-state index contributed by atoms with van der Waals surface area (Å²) in [7, 11) is 3.83. The summed E-state index contributed by atoms with van der Waals surface area (Å²) >= 11 is 0. The van der Waals surface area contributed by atoms with Crippen LogP contribution >= 0.6 is 0 Å². The van der Waals surface area contributed by atoms with Crippen molar-refractivity contribution in [3.8, 4) is 0 Å². The minimum Gasteiger partial charge on any atom is -0.380 e. The van der Waals surface area contributed by atoms with Gasteiger partial charge in [0, 0.05) is 45.4 Å². The molecular formula is C15H24N4O2. The molecule has 0 bridgehead atoms. The second kappa shape index (κ2) is 6.15. The van der Waals surface area contributed by atoms with Gasteiger partial charge < -0.3 is 15.0 Å². The van der Waals surface area contributed by atoms with E-state index in [1.165, 1.54) is 0 Å². The molecule has 0 unspecified atom stereocenters. The Hall–Kier alpha value is -1.40. The molecule has 21 heavy (non-hydrogen) atoms. The second-order valence-corrected chi connectivity index (χ2v) is 6.06. The highest BCUT2D eigenvalue weighted by atomic mass is 16.5. The van der Waals surface area contributed by atoms with Crippen molar-refractivity contribution < 1.29 is 9.53 Å². The molecule has 0 saturated carbocycles. The number of aryl methyl sites for hydroxylation is 1. The van der Waals surface area contributed by atoms with Gasteiger partial charge in [-0.15, -0.1) is 0 Å². The SMILES string of the molecule is CN1C(=O)CC[C@@H](N[C@@H]2CCCOC2)[C@@H]1c1ccnn1C. The van der Waals surface area contributed by atoms with Crippen LogP contribution < -0.4 is 5.32 Å². The van der Waals surface area contributed by atoms with E-state index in [9.17, 15) is 4.79 Å². The highest BCUT2D eigenvalue weighted by Gasteiger charge is 2.37. The minimum atomic E-state index is 0.0423. The monoisotopic (exact) mass is 292 g/mol. The molecule has 2 aliphatic heterocycles. The predicted octanol–water partition coefficient (Wildman–Crippen LogP) is 0.851. The molecule has 3 atom stereocenters. The fourth-order valence-electron chi connectivity index (χ4n) is 3.47. The first kappa shape index (κ1) is 14.5. The van der Waals surface area contributed by atoms with Gasteiger partial charge in [-0.05, 0) is 25.3 Å². The van der Waals surface area contributed by atoms with Crippen molar-refractivity contribution >= 4 is 5.91 Å². The maximum Gasteiger partial charge on any atom is 0.222 e. The lowest BCUT2D eigenvalue weighted by Gasteiger charge is -2.41. The number of hydrogen-bond acceptors (Lipinski definition) is 4. The predicted molar refractivity (Wildman–Crippen MR) is 78.7 cm³/mol. The maximum atomic E-state index is 12.1. The second-order valence-electron chi connectivity index (χ2n) is 6.06. The Morgan fingerprint density at radius 3 is 2.90 bits per heavy atom. The Morgan fingerprint density at radius 2 is 2.24 bits per heavy atom. The molecule has 1 amide bonds. The molecule has 2 fully saturated rings. The summed E-state index contributed by atoms with van der Waals surface area (Å²) in [4.78, 5) is 14.0. The Labute approximate surface area is 125 Å². The van der Waals surface area contributed by atoms with Crippen molar-refractivity contribution in [3.63, 3.8) is 0 Å². The van der Waals surface area contributed by atoms with Crippen LogP contribution in [0.3, 0.4) is 0 Å². The summed E-state index contributed by atoms with van der Waals surface area (Å²) in [5.74, 6) is 0.208. The number of amides is 1. The lowest BCUT2D eigenvalue weighted by molar-refractivity contribution is -0.136. The van der Waals surface area contributed by atoms with Crippen LogP contribution in [0, 0.1) is 0 Å². The number of piperidine rings is 1. The van der Waals surface area contributed by atoms with E-state index in [2.05, 4.69) is 10.4 Å². The molecule has 3 rings (SSSR count). The van der Waals surface area contributed by atoms with Gasteiger partial charge in [0.25, 0.3) is 0 Å². The molecule has 6 heteroatoms. The maximum absolute atomic E-state index is 12.1. The standard InChI is InChI=1S/C15H24N4O2/c1-18-14(20)6-5-12(17-11-4-3-9-21-10-11)15(18)13-7-8-16-19(13)2/h7-8,11-12,15,17H,3-6,9-10H2,1-2H3/t11-,12-,15-/m1/s1. The van der Waals surface area contributed by atoms with Gasteiger partial charge in [-0.2, -0.15) is 5.10 Å². The van der Waals surface area contributed by atoms with Crippen LogP contribution in [-0.4, -0.2) is 52.9 Å². The van der Waals surface area contributed by atoms with Crippen LogP contribution in [0.15, 0.2) is 12.3 Å². The van der Waals surface area contributed by atoms with Crippen LogP contribution in [0.2, 0.25) is 0 Å². The molecule has 1 N–H and O–H groups in total. The van der Waals surface area contributed by atoms with E-state index in [1.54, 1.807) is 6.20 Å². The van der Waals surface area contributed by atoms with Crippen LogP contribution in [0.25, 0.3) is 0 Å². The normalized spacial score (nSPS) is 30.7. The fraction of sp³-hybridized carbons (Fsp3) is 0.733. The minimum absolute atomic E-state index is 0.0423. The molecule has 6 nitrogen and oxygen atoms in total. The highest BCUT2D eigenvalue weighted by molar-refractivity contribution is 5.77. The Morgan fingerprint density at radius 1 is 1.38 bits per heavy atom. The number of carbonyl (C=O) groups excluding carboxylic acids is 1. The van der Waals surface area contributed by atoms with Crippen molar-refractivity contribution in [1.82, 2.24) is 20.0 Å². The topological polar surface area (TPSA) is 59.4 Å². The molecule has 2 saturated heterocycles. The summed E-state index contributed by atoms with van der Waals surface area (Å²) < 4.78 is 7.43. The van der Waals surface area contributed by atoms with Gasteiger partial charge in [0.05, 0.1) is 18.3 Å². The first-order valence-corrected chi connectivity index (χ1v) is 7.74. The number of ether oxygens (including phenoxy) is 1. The van der Waals surface area contributed by atoms with Gasteiger partial charge in [0.1, 0.15) is 0 Å².